The average Bonchev–Trinajstić information content (AvgIpc) is 3.25. The number of benzene rings is 1. The highest BCUT2D eigenvalue weighted by molar-refractivity contribution is 6.29. The first-order valence-corrected chi connectivity index (χ1v) is 10.3. The summed E-state index contributed by atoms with van der Waals surface area (Å²) in [5, 5.41) is 21.5. The Bertz CT molecular complexity index is 1170. The number of rotatable bonds is 7. The molecule has 0 aliphatic heterocycles. The molecule has 2 heterocycles. The van der Waals surface area contributed by atoms with Gasteiger partial charge in [0.25, 0.3) is 5.91 Å². The Morgan fingerprint density at radius 2 is 1.91 bits per heavy atom. The first-order chi connectivity index (χ1) is 15.6. The molecule has 0 radical (unpaired) electrons. The topological polar surface area (TPSA) is 133 Å². The van der Waals surface area contributed by atoms with Gasteiger partial charge in [0.2, 0.25) is 0 Å². The fraction of sp³-hybridized carbons (Fsp3) is 0.333. The molecule has 2 N–H and O–H groups in total. The van der Waals surface area contributed by atoms with Crippen molar-refractivity contribution in [1.29, 1.82) is 0 Å². The van der Waals surface area contributed by atoms with Crippen LogP contribution in [0.15, 0.2) is 30.5 Å². The van der Waals surface area contributed by atoms with Crippen molar-refractivity contribution in [1.82, 2.24) is 30.5 Å². The fourth-order valence-corrected chi connectivity index (χ4v) is 2.92. The minimum atomic E-state index is -0.620. The lowest BCUT2D eigenvalue weighted by atomic mass is 9.98. The molecule has 3 aromatic rings. The van der Waals surface area contributed by atoms with E-state index in [0.717, 1.165) is 0 Å². The number of aromatic nitrogens is 5. The van der Waals surface area contributed by atoms with E-state index in [1.165, 1.54) is 24.9 Å². The Kier molecular flexibility index (Phi) is 7.12. The molecule has 174 valence electrons. The molecule has 0 saturated heterocycles. The van der Waals surface area contributed by atoms with Crippen LogP contribution >= 0.6 is 11.6 Å². The predicted octanol–water partition coefficient (Wildman–Crippen LogP) is 3.05. The number of halogens is 1. The van der Waals surface area contributed by atoms with Crippen molar-refractivity contribution in [3.05, 3.63) is 41.3 Å². The summed E-state index contributed by atoms with van der Waals surface area (Å²) in [5.41, 5.74) is 1.47. The normalized spacial score (nSPS) is 11.1. The van der Waals surface area contributed by atoms with Gasteiger partial charge in [0.1, 0.15) is 5.69 Å². The molecule has 11 nitrogen and oxygen atoms in total. The summed E-state index contributed by atoms with van der Waals surface area (Å²) in [5.74, 6) is -0.323. The van der Waals surface area contributed by atoms with E-state index in [2.05, 4.69) is 31.1 Å². The molecule has 0 unspecified atom stereocenters. The number of para-hydroxylation sites is 1. The minimum Gasteiger partial charge on any atom is -0.494 e. The highest BCUT2D eigenvalue weighted by Gasteiger charge is 2.23. The molecular formula is C21H24ClN7O4. The highest BCUT2D eigenvalue weighted by atomic mass is 35.5. The Morgan fingerprint density at radius 1 is 1.15 bits per heavy atom. The van der Waals surface area contributed by atoms with Crippen LogP contribution in [0.3, 0.4) is 0 Å². The quantitative estimate of drug-likeness (QED) is 0.496. The summed E-state index contributed by atoms with van der Waals surface area (Å²) in [4.78, 5) is 24.2. The van der Waals surface area contributed by atoms with Gasteiger partial charge >= 0.3 is 5.97 Å². The summed E-state index contributed by atoms with van der Waals surface area (Å²) in [6, 6.07) is 6.84. The molecule has 0 aliphatic carbocycles. The minimum absolute atomic E-state index is 0.0694. The van der Waals surface area contributed by atoms with Crippen molar-refractivity contribution in [3.8, 4) is 17.0 Å². The molecule has 0 bridgehead atoms. The van der Waals surface area contributed by atoms with Gasteiger partial charge in [-0.2, -0.15) is 0 Å². The third-order valence-electron chi connectivity index (χ3n) is 4.45. The Hall–Kier alpha value is -3.73. The zero-order chi connectivity index (χ0) is 24.2. The van der Waals surface area contributed by atoms with Crippen LogP contribution < -0.4 is 15.4 Å². The van der Waals surface area contributed by atoms with Crippen LogP contribution in [0.5, 0.6) is 5.75 Å². The molecule has 1 amide bonds. The number of nitrogens with zero attached hydrogens (tertiary/aromatic N) is 5. The molecule has 0 spiro atoms. The van der Waals surface area contributed by atoms with E-state index in [0.29, 0.717) is 28.4 Å². The van der Waals surface area contributed by atoms with Gasteiger partial charge in [-0.25, -0.2) is 4.68 Å². The first kappa shape index (κ1) is 23.9. The lowest BCUT2D eigenvalue weighted by Crippen LogP contribution is -2.24. The zero-order valence-corrected chi connectivity index (χ0v) is 19.6. The van der Waals surface area contributed by atoms with Crippen LogP contribution in [0, 0.1) is 5.41 Å². The standard InChI is InChI=1S/C21H24ClN7O4/c1-21(2,3)20(31)33-11-29-10-15(25-28-29)12-7-6-8-13(18(12)32-5)24-14-9-16(22)26-27-17(14)19(30)23-4/h6-10H,11H2,1-5H3,(H,23,30)(H,24,26). The number of hydrogen-bond donors (Lipinski definition) is 2. The molecule has 0 fully saturated rings. The summed E-state index contributed by atoms with van der Waals surface area (Å²) in [7, 11) is 3.00. The van der Waals surface area contributed by atoms with Gasteiger partial charge < -0.3 is 20.1 Å². The van der Waals surface area contributed by atoms with Crippen LogP contribution in [0.25, 0.3) is 11.3 Å². The third-order valence-corrected chi connectivity index (χ3v) is 4.63. The lowest BCUT2D eigenvalue weighted by Gasteiger charge is -2.16. The Balaban J connectivity index is 1.90. The predicted molar refractivity (Wildman–Crippen MR) is 121 cm³/mol. The van der Waals surface area contributed by atoms with Crippen LogP contribution in [-0.2, 0) is 16.3 Å². The molecule has 0 aliphatic rings. The molecule has 2 aromatic heterocycles. The van der Waals surface area contributed by atoms with E-state index in [9.17, 15) is 9.59 Å². The summed E-state index contributed by atoms with van der Waals surface area (Å²) in [6.07, 6.45) is 1.64. The molecular weight excluding hydrogens is 450 g/mol. The zero-order valence-electron chi connectivity index (χ0n) is 18.8. The van der Waals surface area contributed by atoms with E-state index < -0.39 is 11.3 Å². The van der Waals surface area contributed by atoms with Gasteiger partial charge in [-0.3, -0.25) is 9.59 Å². The smallest absolute Gasteiger partial charge is 0.313 e. The van der Waals surface area contributed by atoms with Crippen LogP contribution in [-0.4, -0.2) is 51.2 Å². The maximum Gasteiger partial charge on any atom is 0.313 e. The SMILES string of the molecule is CNC(=O)c1nnc(Cl)cc1Nc1cccc(-c2cn(COC(=O)C(C)(C)C)nn2)c1OC. The largest absolute Gasteiger partial charge is 0.494 e. The van der Waals surface area contributed by atoms with Gasteiger partial charge in [-0.1, -0.05) is 22.9 Å². The first-order valence-electron chi connectivity index (χ1n) is 9.91. The number of ether oxygens (including phenoxy) is 2. The van der Waals surface area contributed by atoms with Gasteiger partial charge in [-0.05, 0) is 32.9 Å². The fourth-order valence-electron chi connectivity index (χ4n) is 2.78. The number of nitrogens with one attached hydrogen (secondary N) is 2. The van der Waals surface area contributed by atoms with Gasteiger partial charge in [0, 0.05) is 18.7 Å². The van der Waals surface area contributed by atoms with Gasteiger partial charge in [0.15, 0.2) is 23.3 Å². The lowest BCUT2D eigenvalue weighted by molar-refractivity contribution is -0.157. The van der Waals surface area contributed by atoms with Crippen LogP contribution in [0.1, 0.15) is 31.3 Å². The second-order valence-corrected chi connectivity index (χ2v) is 8.36. The van der Waals surface area contributed by atoms with Crippen molar-refractivity contribution in [3.63, 3.8) is 0 Å². The summed E-state index contributed by atoms with van der Waals surface area (Å²) < 4.78 is 12.3. The van der Waals surface area contributed by atoms with Crippen LogP contribution in [0.4, 0.5) is 11.4 Å². The molecule has 1 aromatic carbocycles. The van der Waals surface area contributed by atoms with Gasteiger partial charge in [0.05, 0.1) is 30.1 Å². The maximum absolute atomic E-state index is 12.2. The number of carbonyl (C=O) groups is 2. The van der Waals surface area contributed by atoms with Gasteiger partial charge in [-0.15, -0.1) is 15.3 Å². The summed E-state index contributed by atoms with van der Waals surface area (Å²) in [6.45, 7) is 5.24. The van der Waals surface area contributed by atoms with E-state index in [1.807, 2.05) is 0 Å². The number of hydrogen-bond acceptors (Lipinski definition) is 9. The van der Waals surface area contributed by atoms with Crippen LogP contribution in [0.2, 0.25) is 5.15 Å². The van der Waals surface area contributed by atoms with Crippen molar-refractivity contribution >= 4 is 34.9 Å². The molecule has 33 heavy (non-hydrogen) atoms. The van der Waals surface area contributed by atoms with Crippen molar-refractivity contribution in [2.75, 3.05) is 19.5 Å². The monoisotopic (exact) mass is 473 g/mol. The number of amides is 1. The van der Waals surface area contributed by atoms with E-state index in [-0.39, 0.29) is 23.5 Å². The summed E-state index contributed by atoms with van der Waals surface area (Å²) >= 11 is 5.98. The van der Waals surface area contributed by atoms with Crippen molar-refractivity contribution in [2.24, 2.45) is 5.41 Å². The Morgan fingerprint density at radius 3 is 2.58 bits per heavy atom. The molecule has 0 atom stereocenters. The second kappa shape index (κ2) is 9.82. The maximum atomic E-state index is 12.2. The highest BCUT2D eigenvalue weighted by Crippen LogP contribution is 2.37. The number of anilines is 2. The van der Waals surface area contributed by atoms with E-state index in [1.54, 1.807) is 45.2 Å². The third kappa shape index (κ3) is 5.55. The van der Waals surface area contributed by atoms with E-state index in [4.69, 9.17) is 21.1 Å². The number of methoxy groups -OCH3 is 1. The average molecular weight is 474 g/mol. The molecule has 12 heteroatoms. The molecule has 0 saturated carbocycles. The number of esters is 1. The van der Waals surface area contributed by atoms with Crippen molar-refractivity contribution < 1.29 is 19.1 Å². The van der Waals surface area contributed by atoms with Crippen molar-refractivity contribution in [2.45, 2.75) is 27.5 Å². The number of carbonyl (C=O) groups excluding carboxylic acids is 2. The Labute approximate surface area is 195 Å². The molecule has 3 rings (SSSR count). The second-order valence-electron chi connectivity index (χ2n) is 7.97. The van der Waals surface area contributed by atoms with E-state index >= 15 is 0 Å².